The van der Waals surface area contributed by atoms with Crippen LogP contribution in [0.4, 0.5) is 0 Å². The van der Waals surface area contributed by atoms with Crippen LogP contribution in [0.3, 0.4) is 0 Å². The molecule has 2 aliphatic rings. The summed E-state index contributed by atoms with van der Waals surface area (Å²) in [5, 5.41) is 0.631. The van der Waals surface area contributed by atoms with E-state index in [1.807, 2.05) is 12.1 Å². The van der Waals surface area contributed by atoms with E-state index in [0.717, 1.165) is 24.8 Å². The van der Waals surface area contributed by atoms with E-state index in [0.29, 0.717) is 29.4 Å². The third-order valence-electron chi connectivity index (χ3n) is 4.65. The van der Waals surface area contributed by atoms with Crippen LogP contribution in [0.15, 0.2) is 46.4 Å². The molecule has 6 heteroatoms. The van der Waals surface area contributed by atoms with Crippen LogP contribution in [0.5, 0.6) is 0 Å². The van der Waals surface area contributed by atoms with Crippen LogP contribution >= 0.6 is 11.6 Å². The van der Waals surface area contributed by atoms with Gasteiger partial charge >= 0.3 is 11.9 Å². The van der Waals surface area contributed by atoms with Gasteiger partial charge in [0.05, 0.1) is 0 Å². The highest BCUT2D eigenvalue weighted by Crippen LogP contribution is 2.37. The zero-order chi connectivity index (χ0) is 18.1. The van der Waals surface area contributed by atoms with Crippen LogP contribution in [-0.4, -0.2) is 17.7 Å². The molecule has 1 saturated heterocycles. The van der Waals surface area contributed by atoms with E-state index < -0.39 is 17.7 Å². The molecule has 1 aliphatic heterocycles. The van der Waals surface area contributed by atoms with Crippen molar-refractivity contribution >= 4 is 29.6 Å². The fraction of sp³-hybridized carbons (Fsp3) is 0.300. The summed E-state index contributed by atoms with van der Waals surface area (Å²) in [5.74, 6) is -1.42. The molecule has 4 rings (SSSR count). The van der Waals surface area contributed by atoms with Gasteiger partial charge in [0.1, 0.15) is 17.1 Å². The van der Waals surface area contributed by atoms with Crippen molar-refractivity contribution in [2.75, 3.05) is 0 Å². The quantitative estimate of drug-likeness (QED) is 0.432. The minimum atomic E-state index is -1.08. The number of hydrogen-bond acceptors (Lipinski definition) is 5. The number of ether oxygens (including phenoxy) is 2. The summed E-state index contributed by atoms with van der Waals surface area (Å²) in [5.41, 5.74) is 0.687. The van der Waals surface area contributed by atoms with Crippen LogP contribution in [0, 0.1) is 0 Å². The molecule has 2 heterocycles. The fourth-order valence-corrected chi connectivity index (χ4v) is 3.43. The van der Waals surface area contributed by atoms with Gasteiger partial charge in [-0.15, -0.1) is 0 Å². The Hall–Kier alpha value is -2.53. The van der Waals surface area contributed by atoms with Gasteiger partial charge in [0, 0.05) is 29.5 Å². The van der Waals surface area contributed by atoms with Crippen LogP contribution in [0.1, 0.15) is 37.9 Å². The first kappa shape index (κ1) is 16.9. The van der Waals surface area contributed by atoms with E-state index in [1.54, 1.807) is 24.3 Å². The van der Waals surface area contributed by atoms with E-state index in [-0.39, 0.29) is 5.57 Å². The van der Waals surface area contributed by atoms with Gasteiger partial charge in [0.25, 0.3) is 5.79 Å². The number of carbonyl (C=O) groups excluding carboxylic acids is 2. The van der Waals surface area contributed by atoms with Gasteiger partial charge in [-0.25, -0.2) is 9.59 Å². The first-order valence-electron chi connectivity index (χ1n) is 8.59. The Bertz CT molecular complexity index is 850. The average Bonchev–Trinajstić information content (AvgIpc) is 3.08. The zero-order valence-corrected chi connectivity index (χ0v) is 14.8. The molecule has 1 aromatic heterocycles. The maximum absolute atomic E-state index is 12.3. The van der Waals surface area contributed by atoms with E-state index in [1.165, 1.54) is 6.08 Å². The van der Waals surface area contributed by atoms with E-state index >= 15 is 0 Å². The lowest BCUT2D eigenvalue weighted by Gasteiger charge is -2.38. The van der Waals surface area contributed by atoms with Gasteiger partial charge in [-0.3, -0.25) is 0 Å². The van der Waals surface area contributed by atoms with Crippen molar-refractivity contribution in [2.45, 2.75) is 37.9 Å². The summed E-state index contributed by atoms with van der Waals surface area (Å²) >= 11 is 5.88. The number of hydrogen-bond donors (Lipinski definition) is 0. The largest absolute Gasteiger partial charge is 0.457 e. The molecule has 134 valence electrons. The second-order valence-electron chi connectivity index (χ2n) is 6.52. The minimum absolute atomic E-state index is 0.154. The van der Waals surface area contributed by atoms with Crippen molar-refractivity contribution < 1.29 is 23.5 Å². The summed E-state index contributed by atoms with van der Waals surface area (Å²) in [6.45, 7) is 0. The molecular formula is C20H17ClO5. The highest BCUT2D eigenvalue weighted by atomic mass is 35.5. The van der Waals surface area contributed by atoms with Gasteiger partial charge < -0.3 is 13.9 Å². The number of carbonyl (C=O) groups is 2. The second-order valence-corrected chi connectivity index (χ2v) is 6.95. The van der Waals surface area contributed by atoms with Crippen LogP contribution in [0.2, 0.25) is 5.02 Å². The molecule has 0 unspecified atom stereocenters. The molecule has 1 spiro atoms. The molecule has 26 heavy (non-hydrogen) atoms. The van der Waals surface area contributed by atoms with Crippen molar-refractivity contribution in [3.63, 3.8) is 0 Å². The molecule has 0 radical (unpaired) electrons. The van der Waals surface area contributed by atoms with Crippen molar-refractivity contribution in [2.24, 2.45) is 0 Å². The second kappa shape index (κ2) is 6.65. The summed E-state index contributed by atoms with van der Waals surface area (Å²) in [4.78, 5) is 24.7. The van der Waals surface area contributed by atoms with E-state index in [4.69, 9.17) is 25.5 Å². The third-order valence-corrected chi connectivity index (χ3v) is 4.91. The first-order chi connectivity index (χ1) is 12.5. The lowest BCUT2D eigenvalue weighted by Crippen LogP contribution is -2.47. The molecule has 2 fully saturated rings. The topological polar surface area (TPSA) is 65.7 Å². The van der Waals surface area contributed by atoms with Gasteiger partial charge in [-0.2, -0.15) is 0 Å². The highest BCUT2D eigenvalue weighted by Gasteiger charge is 2.46. The number of halogens is 1. The molecule has 0 amide bonds. The average molecular weight is 373 g/mol. The van der Waals surface area contributed by atoms with Gasteiger partial charge in [0.15, 0.2) is 0 Å². The lowest BCUT2D eigenvalue weighted by atomic mass is 9.93. The monoisotopic (exact) mass is 372 g/mol. The van der Waals surface area contributed by atoms with Crippen LogP contribution < -0.4 is 0 Å². The molecule has 5 nitrogen and oxygen atoms in total. The Morgan fingerprint density at radius 2 is 1.54 bits per heavy atom. The molecule has 0 atom stereocenters. The minimum Gasteiger partial charge on any atom is -0.457 e. The van der Waals surface area contributed by atoms with Crippen molar-refractivity contribution in [1.82, 2.24) is 0 Å². The Labute approximate surface area is 155 Å². The van der Waals surface area contributed by atoms with Crippen molar-refractivity contribution in [3.8, 4) is 11.3 Å². The van der Waals surface area contributed by atoms with Gasteiger partial charge in [-0.1, -0.05) is 18.0 Å². The molecule has 1 aromatic carbocycles. The maximum Gasteiger partial charge on any atom is 0.349 e. The molecule has 1 aliphatic carbocycles. The Balaban J connectivity index is 1.56. The van der Waals surface area contributed by atoms with Gasteiger partial charge in [0.2, 0.25) is 0 Å². The molecule has 0 bridgehead atoms. The number of rotatable bonds is 2. The number of benzene rings is 1. The van der Waals surface area contributed by atoms with E-state index in [9.17, 15) is 9.59 Å². The Morgan fingerprint density at radius 3 is 2.19 bits per heavy atom. The Morgan fingerprint density at radius 1 is 0.885 bits per heavy atom. The summed E-state index contributed by atoms with van der Waals surface area (Å²) in [6, 6.07) is 10.6. The third kappa shape index (κ3) is 3.27. The van der Waals surface area contributed by atoms with Crippen LogP contribution in [0.25, 0.3) is 17.4 Å². The zero-order valence-electron chi connectivity index (χ0n) is 14.0. The normalized spacial score (nSPS) is 19.2. The van der Waals surface area contributed by atoms with Crippen molar-refractivity contribution in [3.05, 3.63) is 52.8 Å². The van der Waals surface area contributed by atoms with E-state index in [2.05, 4.69) is 0 Å². The number of furan rings is 1. The maximum atomic E-state index is 12.3. The molecule has 0 N–H and O–H groups in total. The summed E-state index contributed by atoms with van der Waals surface area (Å²) in [6.07, 6.45) is 5.28. The van der Waals surface area contributed by atoms with Crippen molar-refractivity contribution in [1.29, 1.82) is 0 Å². The molecule has 2 aromatic rings. The summed E-state index contributed by atoms with van der Waals surface area (Å²) < 4.78 is 16.6. The molecular weight excluding hydrogens is 356 g/mol. The Kier molecular flexibility index (Phi) is 4.32. The lowest BCUT2D eigenvalue weighted by molar-refractivity contribution is -0.244. The summed E-state index contributed by atoms with van der Waals surface area (Å²) in [7, 11) is 0. The SMILES string of the molecule is O=C1OC2(CCCCC2)OC(=O)C1=Cc1ccc(-c2ccc(Cl)cc2)o1. The van der Waals surface area contributed by atoms with Gasteiger partial charge in [-0.05, 0) is 49.2 Å². The number of esters is 2. The molecule has 1 saturated carbocycles. The fourth-order valence-electron chi connectivity index (χ4n) is 3.31. The predicted octanol–water partition coefficient (Wildman–Crippen LogP) is 4.74. The first-order valence-corrected chi connectivity index (χ1v) is 8.97. The predicted molar refractivity (Wildman–Crippen MR) is 95.1 cm³/mol. The van der Waals surface area contributed by atoms with Crippen LogP contribution in [-0.2, 0) is 19.1 Å². The standard InChI is InChI=1S/C20H17ClO5/c21-14-6-4-13(5-7-14)17-9-8-15(24-17)12-16-18(22)25-20(26-19(16)23)10-2-1-3-11-20/h4-9,12H,1-3,10-11H2. The smallest absolute Gasteiger partial charge is 0.349 e. The highest BCUT2D eigenvalue weighted by molar-refractivity contribution is 6.30.